The highest BCUT2D eigenvalue weighted by molar-refractivity contribution is 5.77. The zero-order valence-corrected chi connectivity index (χ0v) is 14.4. The van der Waals surface area contributed by atoms with Crippen LogP contribution in [0, 0.1) is 0 Å². The summed E-state index contributed by atoms with van der Waals surface area (Å²) in [5.41, 5.74) is 0.976. The van der Waals surface area contributed by atoms with E-state index in [-0.39, 0.29) is 6.61 Å². The quantitative estimate of drug-likeness (QED) is 0.915. The van der Waals surface area contributed by atoms with Gasteiger partial charge in [-0.3, -0.25) is 9.80 Å². The Bertz CT molecular complexity index is 629. The van der Waals surface area contributed by atoms with Gasteiger partial charge in [-0.15, -0.1) is 0 Å². The molecule has 4 rings (SSSR count). The Morgan fingerprint density at radius 2 is 1.96 bits per heavy atom. The van der Waals surface area contributed by atoms with E-state index in [1.807, 2.05) is 12.1 Å². The number of rotatable bonds is 5. The van der Waals surface area contributed by atoms with Gasteiger partial charge < -0.3 is 9.52 Å². The second-order valence-electron chi connectivity index (χ2n) is 7.33. The van der Waals surface area contributed by atoms with Crippen molar-refractivity contribution in [1.29, 1.82) is 0 Å². The Morgan fingerprint density at radius 1 is 1.12 bits per heavy atom. The first kappa shape index (κ1) is 16.1. The molecule has 2 aromatic rings. The third-order valence-corrected chi connectivity index (χ3v) is 5.72. The number of fused-ring (bicyclic) bond motifs is 1. The zero-order chi connectivity index (χ0) is 16.4. The van der Waals surface area contributed by atoms with E-state index in [2.05, 4.69) is 28.0 Å². The summed E-state index contributed by atoms with van der Waals surface area (Å²) in [6.45, 7) is 4.40. The van der Waals surface area contributed by atoms with E-state index in [0.717, 1.165) is 50.0 Å². The zero-order valence-electron chi connectivity index (χ0n) is 14.4. The van der Waals surface area contributed by atoms with Crippen LogP contribution in [0.2, 0.25) is 0 Å². The minimum absolute atomic E-state index is 0.284. The topological polar surface area (TPSA) is 39.9 Å². The number of nitrogens with zero attached hydrogens (tertiary/aromatic N) is 2. The van der Waals surface area contributed by atoms with Crippen LogP contribution in [0.25, 0.3) is 11.0 Å². The van der Waals surface area contributed by atoms with Gasteiger partial charge in [0, 0.05) is 43.7 Å². The van der Waals surface area contributed by atoms with Crippen LogP contribution in [0.1, 0.15) is 37.9 Å². The highest BCUT2D eigenvalue weighted by atomic mass is 16.3. The molecule has 24 heavy (non-hydrogen) atoms. The number of furan rings is 1. The van der Waals surface area contributed by atoms with E-state index in [1.165, 1.54) is 31.1 Å². The van der Waals surface area contributed by atoms with Crippen LogP contribution >= 0.6 is 0 Å². The molecule has 1 saturated heterocycles. The van der Waals surface area contributed by atoms with E-state index >= 15 is 0 Å². The number of hydrogen-bond donors (Lipinski definition) is 1. The molecule has 1 saturated carbocycles. The molecule has 0 bridgehead atoms. The summed E-state index contributed by atoms with van der Waals surface area (Å²) in [7, 11) is 0. The van der Waals surface area contributed by atoms with Crippen LogP contribution in [0.5, 0.6) is 0 Å². The molecular formula is C20H28N2O2. The Balaban J connectivity index is 1.43. The maximum atomic E-state index is 9.49. The second-order valence-corrected chi connectivity index (χ2v) is 7.33. The van der Waals surface area contributed by atoms with Gasteiger partial charge in [0.05, 0.1) is 6.54 Å². The van der Waals surface area contributed by atoms with Crippen LogP contribution < -0.4 is 0 Å². The summed E-state index contributed by atoms with van der Waals surface area (Å²) in [4.78, 5) is 5.17. The van der Waals surface area contributed by atoms with Crippen LogP contribution in [0.4, 0.5) is 0 Å². The summed E-state index contributed by atoms with van der Waals surface area (Å²) in [5, 5.41) is 10.7. The normalized spacial score (nSPS) is 24.1. The third-order valence-electron chi connectivity index (χ3n) is 5.72. The fourth-order valence-electron chi connectivity index (χ4n) is 4.54. The lowest BCUT2D eigenvalue weighted by Crippen LogP contribution is -2.55. The summed E-state index contributed by atoms with van der Waals surface area (Å²) in [6.07, 6.45) is 6.30. The average molecular weight is 328 g/mol. The van der Waals surface area contributed by atoms with E-state index in [0.29, 0.717) is 6.04 Å². The molecule has 1 aromatic carbocycles. The van der Waals surface area contributed by atoms with Crippen LogP contribution in [0.15, 0.2) is 34.7 Å². The molecule has 1 N–H and O–H groups in total. The lowest BCUT2D eigenvalue weighted by molar-refractivity contribution is 0.0245. The number of piperazine rings is 1. The molecule has 2 aliphatic rings. The summed E-state index contributed by atoms with van der Waals surface area (Å²) >= 11 is 0. The average Bonchev–Trinajstić information content (AvgIpc) is 3.24. The van der Waals surface area contributed by atoms with Crippen molar-refractivity contribution in [2.75, 3.05) is 26.2 Å². The van der Waals surface area contributed by atoms with Gasteiger partial charge in [-0.25, -0.2) is 0 Å². The van der Waals surface area contributed by atoms with Crippen LogP contribution in [-0.4, -0.2) is 53.2 Å². The summed E-state index contributed by atoms with van der Waals surface area (Å²) in [5.74, 6) is 1.05. The summed E-state index contributed by atoms with van der Waals surface area (Å²) in [6, 6.07) is 11.6. The predicted octanol–water partition coefficient (Wildman–Crippen LogP) is 3.24. The smallest absolute Gasteiger partial charge is 0.134 e. The van der Waals surface area contributed by atoms with Crippen molar-refractivity contribution in [3.8, 4) is 0 Å². The lowest BCUT2D eigenvalue weighted by atomic mass is 10.0. The first-order chi connectivity index (χ1) is 11.8. The molecule has 1 aromatic heterocycles. The van der Waals surface area contributed by atoms with Crippen molar-refractivity contribution in [2.45, 2.75) is 50.7 Å². The van der Waals surface area contributed by atoms with E-state index in [4.69, 9.17) is 4.42 Å². The molecule has 4 heteroatoms. The molecule has 0 radical (unpaired) electrons. The van der Waals surface area contributed by atoms with Gasteiger partial charge in [-0.05, 0) is 31.4 Å². The van der Waals surface area contributed by atoms with Gasteiger partial charge in [-0.2, -0.15) is 0 Å². The van der Waals surface area contributed by atoms with Crippen molar-refractivity contribution >= 4 is 11.0 Å². The highest BCUT2D eigenvalue weighted by Gasteiger charge is 2.33. The Kier molecular flexibility index (Phi) is 4.88. The minimum atomic E-state index is 0.284. The van der Waals surface area contributed by atoms with E-state index < -0.39 is 0 Å². The first-order valence-corrected chi connectivity index (χ1v) is 9.40. The molecule has 0 spiro atoms. The van der Waals surface area contributed by atoms with Gasteiger partial charge in [0.2, 0.25) is 0 Å². The van der Waals surface area contributed by atoms with Crippen molar-refractivity contribution in [3.63, 3.8) is 0 Å². The number of aliphatic hydroxyl groups excluding tert-OH is 1. The second kappa shape index (κ2) is 7.26. The molecule has 2 heterocycles. The number of hydrogen-bond acceptors (Lipinski definition) is 4. The maximum Gasteiger partial charge on any atom is 0.134 e. The Labute approximate surface area is 144 Å². The predicted molar refractivity (Wildman–Crippen MR) is 95.9 cm³/mol. The van der Waals surface area contributed by atoms with Crippen LogP contribution in [0.3, 0.4) is 0 Å². The molecule has 130 valence electrons. The molecule has 1 aliphatic heterocycles. The standard InChI is InChI=1S/C20H28N2O2/c23-12-9-18-14-21(10-11-22(18)17-6-2-3-7-17)15-19-13-16-5-1-4-8-20(16)24-19/h1,4-5,8,13,17-18,23H,2-3,6-7,9-12,14-15H2/t18-/m1/s1. The van der Waals surface area contributed by atoms with Gasteiger partial charge >= 0.3 is 0 Å². The number of aliphatic hydroxyl groups is 1. The fourth-order valence-corrected chi connectivity index (χ4v) is 4.54. The van der Waals surface area contributed by atoms with Crippen molar-refractivity contribution in [2.24, 2.45) is 0 Å². The van der Waals surface area contributed by atoms with Crippen molar-refractivity contribution < 1.29 is 9.52 Å². The Hall–Kier alpha value is -1.36. The van der Waals surface area contributed by atoms with Gasteiger partial charge in [0.15, 0.2) is 0 Å². The third kappa shape index (κ3) is 3.37. The molecule has 0 amide bonds. The maximum absolute atomic E-state index is 9.49. The Morgan fingerprint density at radius 3 is 2.75 bits per heavy atom. The molecule has 2 fully saturated rings. The molecule has 1 aliphatic carbocycles. The van der Waals surface area contributed by atoms with E-state index in [9.17, 15) is 5.11 Å². The molecule has 4 nitrogen and oxygen atoms in total. The van der Waals surface area contributed by atoms with E-state index in [1.54, 1.807) is 0 Å². The monoisotopic (exact) mass is 328 g/mol. The molecule has 0 unspecified atom stereocenters. The van der Waals surface area contributed by atoms with Crippen molar-refractivity contribution in [1.82, 2.24) is 9.80 Å². The van der Waals surface area contributed by atoms with Crippen LogP contribution in [-0.2, 0) is 6.54 Å². The van der Waals surface area contributed by atoms with Crippen molar-refractivity contribution in [3.05, 3.63) is 36.1 Å². The van der Waals surface area contributed by atoms with Gasteiger partial charge in [-0.1, -0.05) is 31.0 Å². The largest absolute Gasteiger partial charge is 0.460 e. The SMILES string of the molecule is OCC[C@@H]1CN(Cc2cc3ccccc3o2)CCN1C1CCCC1. The first-order valence-electron chi connectivity index (χ1n) is 9.40. The number of para-hydroxylation sites is 1. The molecular weight excluding hydrogens is 300 g/mol. The summed E-state index contributed by atoms with van der Waals surface area (Å²) < 4.78 is 5.99. The lowest BCUT2D eigenvalue weighted by Gasteiger charge is -2.44. The molecule has 1 atom stereocenters. The van der Waals surface area contributed by atoms with Gasteiger partial charge in [0.25, 0.3) is 0 Å². The highest BCUT2D eigenvalue weighted by Crippen LogP contribution is 2.28. The van der Waals surface area contributed by atoms with Gasteiger partial charge in [0.1, 0.15) is 11.3 Å². The fraction of sp³-hybridized carbons (Fsp3) is 0.600. The minimum Gasteiger partial charge on any atom is -0.460 e. The number of benzene rings is 1.